The Hall–Kier alpha value is -2.72. The molecule has 1 heterocycles. The van der Waals surface area contributed by atoms with E-state index in [9.17, 15) is 9.59 Å². The van der Waals surface area contributed by atoms with E-state index in [1.807, 2.05) is 42.5 Å². The largest absolute Gasteiger partial charge is 0.463 e. The summed E-state index contributed by atoms with van der Waals surface area (Å²) in [5.41, 5.74) is 3.86. The van der Waals surface area contributed by atoms with Gasteiger partial charge in [0.25, 0.3) is 0 Å². The minimum absolute atomic E-state index is 0.0384. The normalized spacial score (nSPS) is 20.9. The quantitative estimate of drug-likeness (QED) is 0.733. The van der Waals surface area contributed by atoms with E-state index in [0.717, 1.165) is 11.1 Å². The Morgan fingerprint density at radius 3 is 2.44 bits per heavy atom. The van der Waals surface area contributed by atoms with Crippen molar-refractivity contribution in [1.82, 2.24) is 0 Å². The van der Waals surface area contributed by atoms with Gasteiger partial charge in [-0.15, -0.1) is 0 Å². The van der Waals surface area contributed by atoms with Gasteiger partial charge in [0.2, 0.25) is 0 Å². The highest BCUT2D eigenvalue weighted by Gasteiger charge is 2.48. The van der Waals surface area contributed by atoms with Crippen molar-refractivity contribution in [2.75, 3.05) is 6.61 Å². The van der Waals surface area contributed by atoms with Gasteiger partial charge in [-0.25, -0.2) is 4.79 Å². The number of nitrogens with zero attached hydrogens (tertiary/aromatic N) is 1. The van der Waals surface area contributed by atoms with E-state index in [0.29, 0.717) is 27.6 Å². The molecular formula is C22H18ClNO3. The fourth-order valence-corrected chi connectivity index (χ4v) is 4.25. The van der Waals surface area contributed by atoms with Gasteiger partial charge in [-0.3, -0.25) is 9.79 Å². The molecule has 0 unspecified atom stereocenters. The van der Waals surface area contributed by atoms with Crippen LogP contribution in [0, 0.1) is 5.92 Å². The molecule has 27 heavy (non-hydrogen) atoms. The lowest BCUT2D eigenvalue weighted by molar-refractivity contribution is -0.139. The number of Topliss-reactive ketones (excluding diaryl/α,β-unsaturated/α-hetero) is 1. The lowest BCUT2D eigenvalue weighted by Crippen LogP contribution is -2.32. The number of carbonyl (C=O) groups is 2. The molecule has 0 amide bonds. The zero-order valence-corrected chi connectivity index (χ0v) is 15.8. The number of benzene rings is 2. The molecule has 0 bridgehead atoms. The third kappa shape index (κ3) is 2.72. The molecule has 0 N–H and O–H groups in total. The van der Waals surface area contributed by atoms with E-state index in [1.165, 1.54) is 0 Å². The SMILES string of the molecule is CCOC(=O)C1=C(C)N=C2c3ccccc3C(=O)[C@@H]2[C@@H]1c1ccccc1Cl. The van der Waals surface area contributed by atoms with E-state index >= 15 is 0 Å². The van der Waals surface area contributed by atoms with Crippen LogP contribution in [0.1, 0.15) is 41.3 Å². The zero-order chi connectivity index (χ0) is 19.1. The first-order valence-corrected chi connectivity index (χ1v) is 9.27. The number of aliphatic imine (C=N–C) groups is 1. The van der Waals surface area contributed by atoms with Crippen LogP contribution < -0.4 is 0 Å². The van der Waals surface area contributed by atoms with E-state index < -0.39 is 17.8 Å². The number of rotatable bonds is 3. The minimum Gasteiger partial charge on any atom is -0.463 e. The molecule has 2 atom stereocenters. The number of fused-ring (bicyclic) bond motifs is 3. The Morgan fingerprint density at radius 2 is 1.74 bits per heavy atom. The van der Waals surface area contributed by atoms with Crippen LogP contribution in [-0.2, 0) is 9.53 Å². The molecule has 1 aliphatic heterocycles. The summed E-state index contributed by atoms with van der Waals surface area (Å²) >= 11 is 6.48. The zero-order valence-electron chi connectivity index (χ0n) is 15.0. The molecule has 2 aliphatic rings. The number of carbonyl (C=O) groups excluding carboxylic acids is 2. The van der Waals surface area contributed by atoms with Gasteiger partial charge < -0.3 is 4.74 Å². The Labute approximate surface area is 162 Å². The van der Waals surface area contributed by atoms with Crippen molar-refractivity contribution in [2.24, 2.45) is 10.9 Å². The van der Waals surface area contributed by atoms with Crippen molar-refractivity contribution < 1.29 is 14.3 Å². The van der Waals surface area contributed by atoms with Gasteiger partial charge in [0.05, 0.1) is 23.8 Å². The summed E-state index contributed by atoms with van der Waals surface area (Å²) in [5, 5.41) is 0.516. The summed E-state index contributed by atoms with van der Waals surface area (Å²) in [6.07, 6.45) is 0. The van der Waals surface area contributed by atoms with Gasteiger partial charge in [0.1, 0.15) is 0 Å². The first-order valence-electron chi connectivity index (χ1n) is 8.89. The van der Waals surface area contributed by atoms with Gasteiger partial charge in [0, 0.05) is 27.8 Å². The smallest absolute Gasteiger partial charge is 0.336 e. The topological polar surface area (TPSA) is 55.7 Å². The maximum Gasteiger partial charge on any atom is 0.336 e. The number of ether oxygens (including phenoxy) is 1. The van der Waals surface area contributed by atoms with Gasteiger partial charge >= 0.3 is 5.97 Å². The van der Waals surface area contributed by atoms with Crippen molar-refractivity contribution in [3.05, 3.63) is 81.5 Å². The number of halogens is 1. The third-order valence-corrected chi connectivity index (χ3v) is 5.45. The second-order valence-electron chi connectivity index (χ2n) is 6.60. The number of esters is 1. The molecule has 0 saturated heterocycles. The highest BCUT2D eigenvalue weighted by Crippen LogP contribution is 2.47. The second kappa shape index (κ2) is 6.78. The highest BCUT2D eigenvalue weighted by molar-refractivity contribution is 6.33. The van der Waals surface area contributed by atoms with Gasteiger partial charge in [0.15, 0.2) is 5.78 Å². The van der Waals surface area contributed by atoms with Crippen LogP contribution in [0.25, 0.3) is 0 Å². The first kappa shape index (κ1) is 17.7. The molecule has 2 aromatic rings. The maximum absolute atomic E-state index is 13.3. The summed E-state index contributed by atoms with van der Waals surface area (Å²) in [6.45, 7) is 3.79. The second-order valence-corrected chi connectivity index (χ2v) is 7.01. The summed E-state index contributed by atoms with van der Waals surface area (Å²) in [5.74, 6) is -1.59. The number of allylic oxidation sites excluding steroid dienone is 1. The standard InChI is InChI=1S/C22H18ClNO3/c1-3-27-22(26)17-12(2)24-20-13-8-4-5-9-14(13)21(25)19(20)18(17)15-10-6-7-11-16(15)23/h4-11,18-19H,3H2,1-2H3/t18-,19-/m1/s1. The van der Waals surface area contributed by atoms with E-state index in [1.54, 1.807) is 19.9 Å². The first-order chi connectivity index (χ1) is 13.0. The predicted molar refractivity (Wildman–Crippen MR) is 104 cm³/mol. The van der Waals surface area contributed by atoms with Crippen molar-refractivity contribution in [2.45, 2.75) is 19.8 Å². The Balaban J connectivity index is 1.97. The fraction of sp³-hybridized carbons (Fsp3) is 0.227. The van der Waals surface area contributed by atoms with Gasteiger partial charge in [-0.1, -0.05) is 54.1 Å². The van der Waals surface area contributed by atoms with Crippen LogP contribution in [0.5, 0.6) is 0 Å². The summed E-state index contributed by atoms with van der Waals surface area (Å²) in [7, 11) is 0. The molecule has 0 saturated carbocycles. The maximum atomic E-state index is 13.3. The molecule has 1 aliphatic carbocycles. The Kier molecular flexibility index (Phi) is 4.44. The van der Waals surface area contributed by atoms with Crippen LogP contribution >= 0.6 is 11.6 Å². The van der Waals surface area contributed by atoms with Crippen molar-refractivity contribution in [3.8, 4) is 0 Å². The molecule has 2 aromatic carbocycles. The number of ketones is 1. The molecule has 0 aromatic heterocycles. The van der Waals surface area contributed by atoms with Crippen LogP contribution in [0.15, 0.2) is 64.8 Å². The molecule has 4 nitrogen and oxygen atoms in total. The van der Waals surface area contributed by atoms with Crippen LogP contribution in [0.2, 0.25) is 5.02 Å². The summed E-state index contributed by atoms with van der Waals surface area (Å²) < 4.78 is 5.28. The minimum atomic E-state index is -0.578. The van der Waals surface area contributed by atoms with Crippen molar-refractivity contribution in [1.29, 1.82) is 0 Å². The molecule has 136 valence electrons. The summed E-state index contributed by atoms with van der Waals surface area (Å²) in [6, 6.07) is 14.8. The average molecular weight is 380 g/mol. The Bertz CT molecular complexity index is 1020. The van der Waals surface area contributed by atoms with Gasteiger partial charge in [-0.2, -0.15) is 0 Å². The molecule has 0 radical (unpaired) electrons. The van der Waals surface area contributed by atoms with Crippen LogP contribution in [-0.4, -0.2) is 24.1 Å². The molecule has 4 rings (SSSR count). The third-order valence-electron chi connectivity index (χ3n) is 5.10. The van der Waals surface area contributed by atoms with E-state index in [2.05, 4.69) is 4.99 Å². The summed E-state index contributed by atoms with van der Waals surface area (Å²) in [4.78, 5) is 30.7. The lowest BCUT2D eigenvalue weighted by atomic mass is 9.75. The molecule has 0 fully saturated rings. The number of hydrogen-bond donors (Lipinski definition) is 0. The van der Waals surface area contributed by atoms with E-state index in [-0.39, 0.29) is 12.4 Å². The van der Waals surface area contributed by atoms with Gasteiger partial charge in [-0.05, 0) is 25.5 Å². The van der Waals surface area contributed by atoms with Crippen LogP contribution in [0.4, 0.5) is 0 Å². The van der Waals surface area contributed by atoms with E-state index in [4.69, 9.17) is 16.3 Å². The fourth-order valence-electron chi connectivity index (χ4n) is 4.00. The molecular weight excluding hydrogens is 362 g/mol. The highest BCUT2D eigenvalue weighted by atomic mass is 35.5. The number of hydrogen-bond acceptors (Lipinski definition) is 4. The van der Waals surface area contributed by atoms with Crippen molar-refractivity contribution >= 4 is 29.1 Å². The lowest BCUT2D eigenvalue weighted by Gasteiger charge is -2.30. The van der Waals surface area contributed by atoms with Crippen LogP contribution in [0.3, 0.4) is 0 Å². The monoisotopic (exact) mass is 379 g/mol. The molecule has 0 spiro atoms. The Morgan fingerprint density at radius 1 is 1.07 bits per heavy atom. The average Bonchev–Trinajstić information content (AvgIpc) is 2.94. The molecule has 5 heteroatoms. The van der Waals surface area contributed by atoms with Crippen molar-refractivity contribution in [3.63, 3.8) is 0 Å². The predicted octanol–water partition coefficient (Wildman–Crippen LogP) is 4.58.